The number of amides is 2. The van der Waals surface area contributed by atoms with Gasteiger partial charge in [0.05, 0.1) is 37.5 Å². The summed E-state index contributed by atoms with van der Waals surface area (Å²) in [6.45, 7) is 20.1. The summed E-state index contributed by atoms with van der Waals surface area (Å²) in [5.74, 6) is -1.86. The van der Waals surface area contributed by atoms with Crippen LogP contribution >= 0.6 is 54.8 Å². The number of rotatable bonds is 33. The number of carbonyl (C=O) groups is 5. The van der Waals surface area contributed by atoms with Crippen LogP contribution in [0, 0.1) is 18.8 Å². The molecule has 3 rings (SSSR count). The first-order chi connectivity index (χ1) is 33.8. The quantitative estimate of drug-likeness (QED) is 0.0230. The van der Waals surface area contributed by atoms with Crippen LogP contribution in [-0.2, 0) is 43.8 Å². The minimum atomic E-state index is -1.34. The van der Waals surface area contributed by atoms with Gasteiger partial charge in [0.1, 0.15) is 5.78 Å². The van der Waals surface area contributed by atoms with Gasteiger partial charge < -0.3 is 30.2 Å². The highest BCUT2D eigenvalue weighted by Gasteiger charge is 2.42. The molecule has 16 heteroatoms. The van der Waals surface area contributed by atoms with E-state index in [1.54, 1.807) is 45.6 Å². The van der Waals surface area contributed by atoms with Crippen molar-refractivity contribution in [3.05, 3.63) is 106 Å². The maximum absolute atomic E-state index is 14.3. The average Bonchev–Trinajstić information content (AvgIpc) is 3.32. The van der Waals surface area contributed by atoms with Gasteiger partial charge in [0.25, 0.3) is 0 Å². The largest absolute Gasteiger partial charge is 0.444 e. The first-order valence-electron chi connectivity index (χ1n) is 24.8. The monoisotopic (exact) mass is 1080 g/mol. The zero-order valence-electron chi connectivity index (χ0n) is 44.1. The van der Waals surface area contributed by atoms with E-state index in [1.165, 1.54) is 10.8 Å². The molecule has 0 saturated carbocycles. The number of nitrogens with one attached hydrogen (secondary N) is 3. The number of hydrogen-bond acceptors (Lipinski definition) is 13. The van der Waals surface area contributed by atoms with Gasteiger partial charge in [-0.25, -0.2) is 0 Å². The Morgan fingerprint density at radius 3 is 1.86 bits per heavy atom. The number of ether oxygens (including phenoxy) is 3. The Morgan fingerprint density at radius 2 is 1.27 bits per heavy atom. The molecule has 3 aromatic carbocycles. The Hall–Kier alpha value is -3.02. The molecule has 2 amide bonds. The molecule has 0 bridgehead atoms. The van der Waals surface area contributed by atoms with Gasteiger partial charge >= 0.3 is 5.97 Å². The van der Waals surface area contributed by atoms with Gasteiger partial charge in [-0.1, -0.05) is 189 Å². The third-order valence-corrected chi connectivity index (χ3v) is 17.8. The maximum atomic E-state index is 14.3. The van der Waals surface area contributed by atoms with E-state index in [2.05, 4.69) is 57.5 Å². The predicted octanol–water partition coefficient (Wildman–Crippen LogP) is 11.8. The minimum Gasteiger partial charge on any atom is -0.444 e. The molecule has 11 nitrogen and oxygen atoms in total. The van der Waals surface area contributed by atoms with Gasteiger partial charge in [-0.2, -0.15) is 0 Å². The third-order valence-electron chi connectivity index (χ3n) is 10.7. The van der Waals surface area contributed by atoms with Gasteiger partial charge in [0.2, 0.25) is 11.8 Å². The van der Waals surface area contributed by atoms with E-state index in [0.717, 1.165) is 29.7 Å². The number of esters is 1. The number of carbonyl (C=O) groups excluding carboxylic acids is 5. The first-order valence-corrected chi connectivity index (χ1v) is 29.9. The van der Waals surface area contributed by atoms with Crippen LogP contribution < -0.4 is 16.0 Å². The molecule has 0 fully saturated rings. The molecule has 3 N–H and O–H groups in total. The second kappa shape index (κ2) is 34.5. The summed E-state index contributed by atoms with van der Waals surface area (Å²) in [7, 11) is 9.85. The van der Waals surface area contributed by atoms with Gasteiger partial charge in [-0.15, -0.1) is 0 Å². The minimum absolute atomic E-state index is 0.0175. The van der Waals surface area contributed by atoms with Crippen molar-refractivity contribution in [1.82, 2.24) is 16.0 Å². The van der Waals surface area contributed by atoms with Crippen molar-refractivity contribution in [1.29, 1.82) is 0 Å². The van der Waals surface area contributed by atoms with E-state index in [4.69, 9.17) is 25.8 Å². The molecule has 71 heavy (non-hydrogen) atoms. The fraction of sp³-hybridized carbons (Fsp3) is 0.582. The molecule has 0 aliphatic heterocycles. The van der Waals surface area contributed by atoms with Gasteiger partial charge in [-0.3, -0.25) is 24.0 Å². The predicted molar refractivity (Wildman–Crippen MR) is 301 cm³/mol. The number of benzene rings is 3. The molecule has 0 aliphatic rings. The molecule has 0 saturated heterocycles. The second-order valence-electron chi connectivity index (χ2n) is 19.0. The zero-order chi connectivity index (χ0) is 52.9. The first kappa shape index (κ1) is 64.1. The van der Waals surface area contributed by atoms with Crippen LogP contribution in [0.3, 0.4) is 0 Å². The highest BCUT2D eigenvalue weighted by atomic mass is 35.5. The molecule has 3 aromatic rings. The Balaban J connectivity index is 0.00000852. The van der Waals surface area contributed by atoms with Crippen molar-refractivity contribution in [2.75, 3.05) is 58.6 Å². The van der Waals surface area contributed by atoms with Crippen LogP contribution in [0.25, 0.3) is 0 Å². The SMILES string of the molecule is CC.CNCCCC[C@H](NC(=O)[C@H](CSSC(C)(C)C)CC(=O)CCCOC)C(=O)C[C@@H](CSSC(C)(C)C)C(=O)NCCOCCC(=O)OC(c1ccccc1)(c1ccc(C)cc1)c1ccccc1Cl. The molecule has 0 spiro atoms. The van der Waals surface area contributed by atoms with Crippen molar-refractivity contribution < 1.29 is 38.2 Å². The number of Topliss-reactive ketones (excluding diaryl/α,β-unsaturated/α-hetero) is 2. The zero-order valence-corrected chi connectivity index (χ0v) is 48.1. The lowest BCUT2D eigenvalue weighted by Crippen LogP contribution is -2.46. The fourth-order valence-corrected chi connectivity index (χ4v) is 12.7. The van der Waals surface area contributed by atoms with Crippen molar-refractivity contribution >= 4 is 84.1 Å². The number of hydrogen-bond donors (Lipinski definition) is 3. The molecule has 1 unspecified atom stereocenters. The normalized spacial score (nSPS) is 13.7. The molecule has 0 aliphatic carbocycles. The summed E-state index contributed by atoms with van der Waals surface area (Å²) in [5, 5.41) is 9.59. The summed E-state index contributed by atoms with van der Waals surface area (Å²) in [6.07, 6.45) is 2.73. The van der Waals surface area contributed by atoms with Crippen LogP contribution in [0.2, 0.25) is 5.02 Å². The van der Waals surface area contributed by atoms with E-state index in [0.29, 0.717) is 54.4 Å². The van der Waals surface area contributed by atoms with Gasteiger partial charge in [0, 0.05) is 82.2 Å². The van der Waals surface area contributed by atoms with E-state index in [-0.39, 0.29) is 71.9 Å². The number of halogens is 1. The average molecular weight is 1080 g/mol. The summed E-state index contributed by atoms with van der Waals surface area (Å²) in [4.78, 5) is 69.0. The third kappa shape index (κ3) is 24.7. The number of ketones is 2. The Morgan fingerprint density at radius 1 is 0.676 bits per heavy atom. The van der Waals surface area contributed by atoms with Crippen LogP contribution in [0.5, 0.6) is 0 Å². The summed E-state index contributed by atoms with van der Waals surface area (Å²) in [5.41, 5.74) is 1.83. The van der Waals surface area contributed by atoms with E-state index < -0.39 is 29.4 Å². The Labute approximate surface area is 446 Å². The standard InChI is InChI=1S/C53H76ClN3O8S4.C2H6/c1-38-24-26-42(27-25-38)53(41-18-11-10-12-19-41,44-21-13-14-22-45(44)54)65-48(60)28-32-64-33-30-56-49(61)40(37-67-69-52(5,6)7)35-47(59)46(23-15-16-29-55-8)57-50(62)39(36-66-68-51(2,3)4)34-43(58)20-17-31-63-9;1-2/h10-14,18-19,21-22,24-27,39-40,46,55H,15-17,20,23,28-37H2,1-9H3,(H,56,61)(H,57,62);1-2H3/t39-,40-,46-,53?;/m0./s1. The number of aryl methyl sites for hydroxylation is 1. The molecule has 0 heterocycles. The molecule has 396 valence electrons. The number of unbranched alkanes of at least 4 members (excludes halogenated alkanes) is 1. The van der Waals surface area contributed by atoms with Crippen molar-refractivity contribution in [3.63, 3.8) is 0 Å². The molecule has 0 radical (unpaired) electrons. The maximum Gasteiger partial charge on any atom is 0.309 e. The van der Waals surface area contributed by atoms with Gasteiger partial charge in [-0.05, 0) is 52.3 Å². The second-order valence-corrected chi connectivity index (χ2v) is 25.8. The fourth-order valence-electron chi connectivity index (χ4n) is 7.20. The lowest BCUT2D eigenvalue weighted by molar-refractivity contribution is -0.154. The van der Waals surface area contributed by atoms with Crippen LogP contribution in [0.1, 0.15) is 129 Å². The van der Waals surface area contributed by atoms with Crippen molar-refractivity contribution in [3.8, 4) is 0 Å². The highest BCUT2D eigenvalue weighted by molar-refractivity contribution is 8.77. The number of methoxy groups -OCH3 is 1. The Bertz CT molecular complexity index is 2030. The van der Waals surface area contributed by atoms with Crippen molar-refractivity contribution in [2.24, 2.45) is 11.8 Å². The summed E-state index contributed by atoms with van der Waals surface area (Å²) < 4.78 is 17.4. The molecular formula is C55H82ClN3O8S4. The molecule has 4 atom stereocenters. The lowest BCUT2D eigenvalue weighted by atomic mass is 9.79. The van der Waals surface area contributed by atoms with Crippen LogP contribution in [0.15, 0.2) is 78.9 Å². The molecular weight excluding hydrogens is 994 g/mol. The van der Waals surface area contributed by atoms with Crippen LogP contribution in [-0.4, -0.2) is 103 Å². The summed E-state index contributed by atoms with van der Waals surface area (Å²) in [6, 6.07) is 23.9. The lowest BCUT2D eigenvalue weighted by Gasteiger charge is -2.36. The highest BCUT2D eigenvalue weighted by Crippen LogP contribution is 2.44. The summed E-state index contributed by atoms with van der Waals surface area (Å²) >= 11 is 6.84. The van der Waals surface area contributed by atoms with E-state index in [9.17, 15) is 24.0 Å². The van der Waals surface area contributed by atoms with Gasteiger partial charge in [0.15, 0.2) is 11.4 Å². The molecule has 0 aromatic heterocycles. The van der Waals surface area contributed by atoms with E-state index >= 15 is 0 Å². The van der Waals surface area contributed by atoms with Crippen molar-refractivity contribution in [2.45, 2.75) is 135 Å². The Kier molecular flexibility index (Phi) is 31.1. The van der Waals surface area contributed by atoms with Crippen LogP contribution in [0.4, 0.5) is 0 Å². The topological polar surface area (TPSA) is 149 Å². The smallest absolute Gasteiger partial charge is 0.309 e. The van der Waals surface area contributed by atoms with E-state index in [1.807, 2.05) is 101 Å².